The molecule has 0 radical (unpaired) electrons. The molecule has 2 amide bonds. The lowest BCUT2D eigenvalue weighted by molar-refractivity contribution is 0.247. The number of aromatic nitrogens is 1. The van der Waals surface area contributed by atoms with Gasteiger partial charge in [0.15, 0.2) is 0 Å². The Bertz CT molecular complexity index is 345. The molecule has 1 heterocycles. The van der Waals surface area contributed by atoms with Gasteiger partial charge in [0.2, 0.25) is 0 Å². The first kappa shape index (κ1) is 11.9. The molecule has 0 bridgehead atoms. The molecule has 1 aliphatic carbocycles. The first-order valence-electron chi connectivity index (χ1n) is 6.32. The number of pyridine rings is 1. The van der Waals surface area contributed by atoms with Crippen LogP contribution in [0.5, 0.6) is 0 Å². The van der Waals surface area contributed by atoms with Crippen LogP contribution in [0, 0.1) is 0 Å². The number of carbonyl (C=O) groups is 1. The fourth-order valence-electron chi connectivity index (χ4n) is 2.21. The van der Waals surface area contributed by atoms with Crippen molar-refractivity contribution >= 4 is 11.7 Å². The summed E-state index contributed by atoms with van der Waals surface area (Å²) in [6.45, 7) is 0. The summed E-state index contributed by atoms with van der Waals surface area (Å²) in [5.41, 5.74) is 0.783. The summed E-state index contributed by atoms with van der Waals surface area (Å²) in [7, 11) is 0. The largest absolute Gasteiger partial charge is 0.335 e. The molecule has 0 aromatic carbocycles. The molecule has 17 heavy (non-hydrogen) atoms. The highest BCUT2D eigenvalue weighted by Gasteiger charge is 2.14. The normalized spacial score (nSPS) is 17.2. The SMILES string of the molecule is O=C(Nc1ccncc1)NC1CCCCCC1. The van der Waals surface area contributed by atoms with E-state index < -0.39 is 0 Å². The second-order valence-electron chi connectivity index (χ2n) is 4.52. The Morgan fingerprint density at radius 2 is 1.76 bits per heavy atom. The van der Waals surface area contributed by atoms with Crippen LogP contribution in [0.1, 0.15) is 38.5 Å². The molecule has 2 rings (SSSR count). The summed E-state index contributed by atoms with van der Waals surface area (Å²) in [6.07, 6.45) is 10.6. The van der Waals surface area contributed by atoms with Gasteiger partial charge in [0.1, 0.15) is 0 Å². The van der Waals surface area contributed by atoms with E-state index in [0.717, 1.165) is 18.5 Å². The lowest BCUT2D eigenvalue weighted by atomic mass is 10.1. The number of hydrogen-bond donors (Lipinski definition) is 2. The Morgan fingerprint density at radius 3 is 2.41 bits per heavy atom. The van der Waals surface area contributed by atoms with E-state index in [0.29, 0.717) is 6.04 Å². The number of rotatable bonds is 2. The van der Waals surface area contributed by atoms with Crippen LogP contribution in [0.2, 0.25) is 0 Å². The average Bonchev–Trinajstić information content (AvgIpc) is 2.59. The highest BCUT2D eigenvalue weighted by molar-refractivity contribution is 5.89. The minimum atomic E-state index is -0.108. The van der Waals surface area contributed by atoms with Crippen LogP contribution in [0.25, 0.3) is 0 Å². The molecule has 1 saturated carbocycles. The number of urea groups is 1. The minimum absolute atomic E-state index is 0.108. The van der Waals surface area contributed by atoms with Crippen LogP contribution in [0.3, 0.4) is 0 Å². The predicted octanol–water partition coefficient (Wildman–Crippen LogP) is 2.93. The molecule has 0 spiro atoms. The molecule has 2 N–H and O–H groups in total. The van der Waals surface area contributed by atoms with E-state index in [1.807, 2.05) is 0 Å². The second kappa shape index (κ2) is 6.23. The summed E-state index contributed by atoms with van der Waals surface area (Å²) < 4.78 is 0. The topological polar surface area (TPSA) is 54.0 Å². The third-order valence-corrected chi connectivity index (χ3v) is 3.13. The fraction of sp³-hybridized carbons (Fsp3) is 0.538. The summed E-state index contributed by atoms with van der Waals surface area (Å²) in [5.74, 6) is 0. The Morgan fingerprint density at radius 1 is 1.12 bits per heavy atom. The van der Waals surface area contributed by atoms with Gasteiger partial charge in [-0.25, -0.2) is 4.79 Å². The van der Waals surface area contributed by atoms with Gasteiger partial charge in [-0.3, -0.25) is 4.98 Å². The Balaban J connectivity index is 1.80. The summed E-state index contributed by atoms with van der Waals surface area (Å²) in [4.78, 5) is 15.7. The van der Waals surface area contributed by atoms with E-state index >= 15 is 0 Å². The van der Waals surface area contributed by atoms with Crippen molar-refractivity contribution in [3.8, 4) is 0 Å². The van der Waals surface area contributed by atoms with Crippen LogP contribution >= 0.6 is 0 Å². The van der Waals surface area contributed by atoms with Gasteiger partial charge in [0, 0.05) is 24.1 Å². The van der Waals surface area contributed by atoms with Crippen molar-refractivity contribution in [2.24, 2.45) is 0 Å². The number of nitrogens with one attached hydrogen (secondary N) is 2. The summed E-state index contributed by atoms with van der Waals surface area (Å²) in [6, 6.07) is 3.79. The standard InChI is InChI=1S/C13H19N3O/c17-13(16-12-7-9-14-10-8-12)15-11-5-3-1-2-4-6-11/h7-11H,1-6H2,(H2,14,15,16,17). The van der Waals surface area contributed by atoms with Gasteiger partial charge in [0.05, 0.1) is 0 Å². The van der Waals surface area contributed by atoms with Gasteiger partial charge < -0.3 is 10.6 Å². The van der Waals surface area contributed by atoms with Gasteiger partial charge >= 0.3 is 6.03 Å². The van der Waals surface area contributed by atoms with Crippen molar-refractivity contribution in [2.75, 3.05) is 5.32 Å². The molecule has 1 fully saturated rings. The van der Waals surface area contributed by atoms with Crippen LogP contribution in [-0.2, 0) is 0 Å². The molecule has 92 valence electrons. The van der Waals surface area contributed by atoms with Crippen molar-refractivity contribution in [3.05, 3.63) is 24.5 Å². The molecule has 1 aromatic heterocycles. The highest BCUT2D eigenvalue weighted by Crippen LogP contribution is 2.17. The number of nitrogens with zero attached hydrogens (tertiary/aromatic N) is 1. The lowest BCUT2D eigenvalue weighted by Crippen LogP contribution is -2.37. The van der Waals surface area contributed by atoms with E-state index in [1.54, 1.807) is 24.5 Å². The Kier molecular flexibility index (Phi) is 4.36. The average molecular weight is 233 g/mol. The number of carbonyl (C=O) groups excluding carboxylic acids is 1. The summed E-state index contributed by atoms with van der Waals surface area (Å²) >= 11 is 0. The molecule has 0 atom stereocenters. The third kappa shape index (κ3) is 4.06. The van der Waals surface area contributed by atoms with E-state index in [1.165, 1.54) is 25.7 Å². The zero-order valence-electron chi connectivity index (χ0n) is 9.98. The van der Waals surface area contributed by atoms with Crippen molar-refractivity contribution in [3.63, 3.8) is 0 Å². The number of hydrogen-bond acceptors (Lipinski definition) is 2. The zero-order chi connectivity index (χ0) is 11.9. The van der Waals surface area contributed by atoms with Gasteiger partial charge in [-0.2, -0.15) is 0 Å². The quantitative estimate of drug-likeness (QED) is 0.772. The molecule has 4 heteroatoms. The van der Waals surface area contributed by atoms with Gasteiger partial charge in [-0.05, 0) is 25.0 Å². The monoisotopic (exact) mass is 233 g/mol. The maximum absolute atomic E-state index is 11.8. The molecular formula is C13H19N3O. The molecular weight excluding hydrogens is 214 g/mol. The number of anilines is 1. The maximum atomic E-state index is 11.8. The second-order valence-corrected chi connectivity index (χ2v) is 4.52. The molecule has 0 unspecified atom stereocenters. The van der Waals surface area contributed by atoms with Crippen LogP contribution in [0.4, 0.5) is 10.5 Å². The van der Waals surface area contributed by atoms with E-state index in [-0.39, 0.29) is 6.03 Å². The van der Waals surface area contributed by atoms with E-state index in [4.69, 9.17) is 0 Å². The van der Waals surface area contributed by atoms with Crippen LogP contribution < -0.4 is 10.6 Å². The highest BCUT2D eigenvalue weighted by atomic mass is 16.2. The first-order valence-corrected chi connectivity index (χ1v) is 6.32. The first-order chi connectivity index (χ1) is 8.34. The van der Waals surface area contributed by atoms with E-state index in [2.05, 4.69) is 15.6 Å². The van der Waals surface area contributed by atoms with Crippen molar-refractivity contribution in [1.29, 1.82) is 0 Å². The smallest absolute Gasteiger partial charge is 0.319 e. The van der Waals surface area contributed by atoms with Crippen LogP contribution in [0.15, 0.2) is 24.5 Å². The van der Waals surface area contributed by atoms with Crippen molar-refractivity contribution in [1.82, 2.24) is 10.3 Å². The minimum Gasteiger partial charge on any atom is -0.335 e. The molecule has 0 saturated heterocycles. The summed E-state index contributed by atoms with van der Waals surface area (Å²) in [5, 5.41) is 5.86. The van der Waals surface area contributed by atoms with Crippen LogP contribution in [-0.4, -0.2) is 17.1 Å². The Hall–Kier alpha value is -1.58. The van der Waals surface area contributed by atoms with Gasteiger partial charge in [-0.15, -0.1) is 0 Å². The van der Waals surface area contributed by atoms with Crippen molar-refractivity contribution in [2.45, 2.75) is 44.6 Å². The maximum Gasteiger partial charge on any atom is 0.319 e. The van der Waals surface area contributed by atoms with E-state index in [9.17, 15) is 4.79 Å². The van der Waals surface area contributed by atoms with Crippen molar-refractivity contribution < 1.29 is 4.79 Å². The van der Waals surface area contributed by atoms with Gasteiger partial charge in [0.25, 0.3) is 0 Å². The lowest BCUT2D eigenvalue weighted by Gasteiger charge is -2.16. The third-order valence-electron chi connectivity index (χ3n) is 3.13. The molecule has 4 nitrogen and oxygen atoms in total. The fourth-order valence-corrected chi connectivity index (χ4v) is 2.21. The zero-order valence-corrected chi connectivity index (χ0v) is 9.98. The van der Waals surface area contributed by atoms with Gasteiger partial charge in [-0.1, -0.05) is 25.7 Å². The Labute approximate surface area is 102 Å². The molecule has 0 aliphatic heterocycles. The number of amides is 2. The predicted molar refractivity (Wildman–Crippen MR) is 67.9 cm³/mol. The molecule has 1 aliphatic rings. The molecule has 1 aromatic rings.